The molecule has 4 nitrogen and oxygen atoms in total. The Morgan fingerprint density at radius 3 is 1.38 bits per heavy atom. The quantitative estimate of drug-likeness (QED) is 0.333. The lowest BCUT2D eigenvalue weighted by Crippen LogP contribution is -2.83. The summed E-state index contributed by atoms with van der Waals surface area (Å²) in [7, 11) is 0. The maximum absolute atomic E-state index is 7.38. The number of hydrogen-bond acceptors (Lipinski definition) is 4. The first-order valence-electron chi connectivity index (χ1n) is 20.3. The number of morpholine rings is 2. The minimum atomic E-state index is 0.364. The summed E-state index contributed by atoms with van der Waals surface area (Å²) in [5, 5.41) is 0. The highest BCUT2D eigenvalue weighted by atomic mass is 16.5. The fourth-order valence-corrected chi connectivity index (χ4v) is 14.6. The van der Waals surface area contributed by atoms with Crippen LogP contribution in [0.3, 0.4) is 0 Å². The lowest BCUT2D eigenvalue weighted by atomic mass is 9.48. The van der Waals surface area contributed by atoms with Gasteiger partial charge in [0.2, 0.25) is 0 Å². The van der Waals surface area contributed by atoms with Crippen LogP contribution in [-0.2, 0) is 9.47 Å². The van der Waals surface area contributed by atoms with Crippen molar-refractivity contribution in [3.8, 4) is 0 Å². The second-order valence-electron chi connectivity index (χ2n) is 17.7. The van der Waals surface area contributed by atoms with Gasteiger partial charge in [0, 0.05) is 42.7 Å². The van der Waals surface area contributed by atoms with Gasteiger partial charge in [0.1, 0.15) is 0 Å². The molecule has 0 aromatic heterocycles. The van der Waals surface area contributed by atoms with Gasteiger partial charge in [-0.15, -0.1) is 0 Å². The molecule has 0 spiro atoms. The van der Waals surface area contributed by atoms with E-state index < -0.39 is 0 Å². The molecule has 4 saturated heterocycles. The SMILES string of the molecule is c1ccc(C2CCC3C(C2)C2C4CC(c5ccccc5)CCC4N4C5CCCCC5OC5CC6OC7CCCCC7N3C6C2C54)cc1. The van der Waals surface area contributed by atoms with Gasteiger partial charge in [-0.2, -0.15) is 0 Å². The molecule has 2 aromatic rings. The number of benzene rings is 2. The van der Waals surface area contributed by atoms with Gasteiger partial charge in [-0.1, -0.05) is 86.3 Å². The van der Waals surface area contributed by atoms with Crippen LogP contribution in [0.5, 0.6) is 0 Å². The normalized spacial score (nSPS) is 50.2. The van der Waals surface area contributed by atoms with Gasteiger partial charge in [0.25, 0.3) is 0 Å². The minimum Gasteiger partial charge on any atom is -0.372 e. The van der Waals surface area contributed by atoms with Crippen molar-refractivity contribution in [2.24, 2.45) is 23.7 Å². The summed E-state index contributed by atoms with van der Waals surface area (Å²) in [5.41, 5.74) is 3.21. The third-order valence-electron chi connectivity index (χ3n) is 16.0. The van der Waals surface area contributed by atoms with Crippen molar-refractivity contribution in [2.75, 3.05) is 0 Å². The number of fused-ring (bicyclic) bond motifs is 10. The van der Waals surface area contributed by atoms with Gasteiger partial charge in [0.05, 0.1) is 24.4 Å². The van der Waals surface area contributed by atoms with Gasteiger partial charge >= 0.3 is 0 Å². The molecule has 250 valence electrons. The van der Waals surface area contributed by atoms with Crippen LogP contribution in [0.2, 0.25) is 0 Å². The highest BCUT2D eigenvalue weighted by Gasteiger charge is 2.70. The van der Waals surface area contributed by atoms with Crippen molar-refractivity contribution in [1.82, 2.24) is 9.80 Å². The van der Waals surface area contributed by atoms with E-state index in [-0.39, 0.29) is 0 Å². The highest BCUT2D eigenvalue weighted by Crippen LogP contribution is 2.64. The van der Waals surface area contributed by atoms with Crippen LogP contribution >= 0.6 is 0 Å². The van der Waals surface area contributed by atoms with Crippen LogP contribution < -0.4 is 0 Å². The third-order valence-corrected chi connectivity index (χ3v) is 16.0. The van der Waals surface area contributed by atoms with E-state index in [4.69, 9.17) is 9.47 Å². The van der Waals surface area contributed by atoms with E-state index in [9.17, 15) is 0 Å². The molecule has 4 heteroatoms. The predicted octanol–water partition coefficient (Wildman–Crippen LogP) is 8.32. The lowest BCUT2D eigenvalue weighted by Gasteiger charge is -2.75. The Morgan fingerprint density at radius 1 is 0.426 bits per heavy atom. The Hall–Kier alpha value is -1.72. The molecule has 47 heavy (non-hydrogen) atoms. The van der Waals surface area contributed by atoms with Crippen molar-refractivity contribution in [3.05, 3.63) is 71.8 Å². The molecule has 14 unspecified atom stereocenters. The van der Waals surface area contributed by atoms with Gasteiger partial charge in [0.15, 0.2) is 0 Å². The van der Waals surface area contributed by atoms with E-state index in [1.54, 1.807) is 11.1 Å². The predicted molar refractivity (Wildman–Crippen MR) is 185 cm³/mol. The number of rotatable bonds is 2. The Kier molecular flexibility index (Phi) is 7.05. The smallest absolute Gasteiger partial charge is 0.0763 e. The Bertz CT molecular complexity index is 1330. The molecule has 2 aromatic carbocycles. The fourth-order valence-electron chi connectivity index (χ4n) is 14.6. The monoisotopic (exact) mass is 632 g/mol. The van der Waals surface area contributed by atoms with E-state index >= 15 is 0 Å². The molecule has 4 aliphatic heterocycles. The molecule has 5 aliphatic carbocycles. The summed E-state index contributed by atoms with van der Waals surface area (Å²) in [6.45, 7) is 0. The zero-order valence-electron chi connectivity index (χ0n) is 28.3. The second-order valence-corrected chi connectivity index (χ2v) is 17.7. The van der Waals surface area contributed by atoms with E-state index in [2.05, 4.69) is 70.5 Å². The van der Waals surface area contributed by atoms with Crippen molar-refractivity contribution in [2.45, 2.75) is 169 Å². The maximum atomic E-state index is 7.38. The number of piperidine rings is 2. The molecule has 14 atom stereocenters. The summed E-state index contributed by atoms with van der Waals surface area (Å²) >= 11 is 0. The maximum Gasteiger partial charge on any atom is 0.0763 e. The summed E-state index contributed by atoms with van der Waals surface area (Å²) in [5.74, 6) is 4.50. The second kappa shape index (κ2) is 11.4. The Balaban J connectivity index is 1.06. The average Bonchev–Trinajstić information content (AvgIpc) is 3.14. The largest absolute Gasteiger partial charge is 0.372 e. The van der Waals surface area contributed by atoms with Crippen molar-refractivity contribution < 1.29 is 9.47 Å². The number of ether oxygens (including phenoxy) is 2. The van der Waals surface area contributed by atoms with Crippen LogP contribution in [-0.4, -0.2) is 70.5 Å². The van der Waals surface area contributed by atoms with Gasteiger partial charge in [-0.25, -0.2) is 0 Å². The molecule has 9 fully saturated rings. The molecule has 0 radical (unpaired) electrons. The summed E-state index contributed by atoms with van der Waals surface area (Å²) < 4.78 is 14.8. The first kappa shape index (κ1) is 29.1. The third kappa shape index (κ3) is 4.39. The zero-order chi connectivity index (χ0) is 30.6. The topological polar surface area (TPSA) is 24.9 Å². The molecule has 0 bridgehead atoms. The van der Waals surface area contributed by atoms with Gasteiger partial charge in [-0.05, 0) is 111 Å². The van der Waals surface area contributed by atoms with E-state index in [1.165, 1.54) is 89.9 Å². The van der Waals surface area contributed by atoms with E-state index in [1.807, 2.05) is 0 Å². The van der Waals surface area contributed by atoms with Crippen LogP contribution in [0.1, 0.15) is 119 Å². The molecule has 0 N–H and O–H groups in total. The van der Waals surface area contributed by atoms with Crippen LogP contribution in [0.15, 0.2) is 60.7 Å². The standard InChI is InChI=1S/C43H56N2O2/c1-3-11-26(12-4-1)28-19-21-32-30(23-28)40-31-24-29(27-13-5-2-6-14-27)20-22-33(31)45-35-16-8-10-18-37(35)47-39-25-38-42(41(40)43(39)45)44(32)34-15-7-9-17-36(34)46-38/h1-6,11-14,28-43H,7-10,15-25H2. The molecule has 5 saturated carbocycles. The number of nitrogens with zero attached hydrogens (tertiary/aromatic N) is 2. The minimum absolute atomic E-state index is 0.364. The Labute approximate surface area is 282 Å². The van der Waals surface area contributed by atoms with Crippen LogP contribution in [0, 0.1) is 23.7 Å². The molecule has 11 rings (SSSR count). The molecule has 9 aliphatic rings. The van der Waals surface area contributed by atoms with Crippen LogP contribution in [0.4, 0.5) is 0 Å². The molecule has 4 heterocycles. The first-order valence-corrected chi connectivity index (χ1v) is 20.3. The van der Waals surface area contributed by atoms with Crippen molar-refractivity contribution in [1.29, 1.82) is 0 Å². The van der Waals surface area contributed by atoms with Crippen LogP contribution in [0.25, 0.3) is 0 Å². The van der Waals surface area contributed by atoms with Gasteiger partial charge < -0.3 is 9.47 Å². The average molecular weight is 633 g/mol. The van der Waals surface area contributed by atoms with E-state index in [0.717, 1.165) is 36.3 Å². The molecular weight excluding hydrogens is 576 g/mol. The summed E-state index contributed by atoms with van der Waals surface area (Å²) in [6, 6.07) is 27.4. The lowest BCUT2D eigenvalue weighted by molar-refractivity contribution is -0.320. The Morgan fingerprint density at radius 2 is 0.894 bits per heavy atom. The highest BCUT2D eigenvalue weighted by molar-refractivity contribution is 5.27. The molecular formula is C43H56N2O2. The summed E-state index contributed by atoms with van der Waals surface area (Å²) in [4.78, 5) is 6.51. The van der Waals surface area contributed by atoms with Crippen molar-refractivity contribution >= 4 is 0 Å². The summed E-state index contributed by atoms with van der Waals surface area (Å²) in [6.07, 6.45) is 21.8. The van der Waals surface area contributed by atoms with Gasteiger partial charge in [-0.3, -0.25) is 9.80 Å². The zero-order valence-corrected chi connectivity index (χ0v) is 28.3. The number of hydrogen-bond donors (Lipinski definition) is 0. The fraction of sp³-hybridized carbons (Fsp3) is 0.721. The van der Waals surface area contributed by atoms with Crippen molar-refractivity contribution in [3.63, 3.8) is 0 Å². The van der Waals surface area contributed by atoms with E-state index in [0.29, 0.717) is 66.3 Å². The first-order chi connectivity index (χ1) is 23.3. The molecule has 0 amide bonds.